The van der Waals surface area contributed by atoms with Crippen molar-refractivity contribution in [2.75, 3.05) is 20.1 Å². The molecule has 168 valence electrons. The van der Waals surface area contributed by atoms with Crippen LogP contribution in [0.25, 0.3) is 11.3 Å². The molecule has 0 radical (unpaired) electrons. The number of halogens is 1. The van der Waals surface area contributed by atoms with Crippen molar-refractivity contribution in [3.8, 4) is 11.3 Å². The number of thiophene rings is 1. The lowest BCUT2D eigenvalue weighted by molar-refractivity contribution is -0.137. The molecular weight excluding hydrogens is 427 g/mol. The van der Waals surface area contributed by atoms with E-state index >= 15 is 0 Å². The number of benzene rings is 1. The minimum absolute atomic E-state index is 0.0170. The second kappa shape index (κ2) is 10.1. The van der Waals surface area contributed by atoms with Gasteiger partial charge in [-0.2, -0.15) is 5.10 Å². The Kier molecular flexibility index (Phi) is 6.99. The van der Waals surface area contributed by atoms with Crippen LogP contribution in [-0.2, 0) is 29.0 Å². The van der Waals surface area contributed by atoms with Gasteiger partial charge in [-0.3, -0.25) is 14.7 Å². The molecule has 0 saturated carbocycles. The van der Waals surface area contributed by atoms with E-state index < -0.39 is 0 Å². The van der Waals surface area contributed by atoms with Gasteiger partial charge in [-0.15, -0.1) is 11.3 Å². The molecular formula is C24H27FN4O2S. The van der Waals surface area contributed by atoms with E-state index in [-0.39, 0.29) is 30.5 Å². The van der Waals surface area contributed by atoms with E-state index in [1.807, 2.05) is 17.0 Å². The predicted octanol–water partition coefficient (Wildman–Crippen LogP) is 4.03. The predicted molar refractivity (Wildman–Crippen MR) is 123 cm³/mol. The van der Waals surface area contributed by atoms with Crippen LogP contribution in [0.4, 0.5) is 4.39 Å². The molecule has 0 unspecified atom stereocenters. The number of aromatic nitrogens is 2. The molecule has 0 aliphatic carbocycles. The first kappa shape index (κ1) is 22.2. The molecule has 1 N–H and O–H groups in total. The van der Waals surface area contributed by atoms with Crippen molar-refractivity contribution in [2.24, 2.45) is 0 Å². The van der Waals surface area contributed by atoms with Crippen molar-refractivity contribution in [3.05, 3.63) is 63.7 Å². The Balaban J connectivity index is 1.18. The highest BCUT2D eigenvalue weighted by Crippen LogP contribution is 2.24. The first-order valence-corrected chi connectivity index (χ1v) is 11.7. The second-order valence-corrected chi connectivity index (χ2v) is 9.14. The minimum Gasteiger partial charge on any atom is -0.346 e. The first-order valence-electron chi connectivity index (χ1n) is 10.9. The third-order valence-electron chi connectivity index (χ3n) is 5.83. The third kappa shape index (κ3) is 5.43. The average molecular weight is 455 g/mol. The van der Waals surface area contributed by atoms with Crippen LogP contribution in [0.2, 0.25) is 0 Å². The summed E-state index contributed by atoms with van der Waals surface area (Å²) in [6.07, 6.45) is 2.89. The maximum atomic E-state index is 13.4. The minimum atomic E-state index is -0.290. The number of H-pyrrole nitrogens is 1. The fourth-order valence-electron chi connectivity index (χ4n) is 3.94. The Morgan fingerprint density at radius 3 is 2.97 bits per heavy atom. The van der Waals surface area contributed by atoms with Gasteiger partial charge >= 0.3 is 0 Å². The Labute approximate surface area is 191 Å². The number of rotatable bonds is 8. The molecule has 1 aromatic carbocycles. The van der Waals surface area contributed by atoms with Crippen molar-refractivity contribution in [2.45, 2.75) is 38.6 Å². The Morgan fingerprint density at radius 2 is 2.12 bits per heavy atom. The van der Waals surface area contributed by atoms with Crippen molar-refractivity contribution < 1.29 is 14.0 Å². The van der Waals surface area contributed by atoms with Crippen molar-refractivity contribution in [3.63, 3.8) is 0 Å². The van der Waals surface area contributed by atoms with Gasteiger partial charge in [0.05, 0.1) is 5.69 Å². The van der Waals surface area contributed by atoms with Crippen LogP contribution in [0, 0.1) is 5.82 Å². The normalized spacial score (nSPS) is 13.1. The molecule has 8 heteroatoms. The maximum absolute atomic E-state index is 13.4. The Hall–Kier alpha value is -3.00. The summed E-state index contributed by atoms with van der Waals surface area (Å²) in [5, 5.41) is 9.31. The van der Waals surface area contributed by atoms with Gasteiger partial charge in [0.15, 0.2) is 0 Å². The second-order valence-electron chi connectivity index (χ2n) is 8.14. The van der Waals surface area contributed by atoms with Crippen LogP contribution in [-0.4, -0.2) is 51.9 Å². The van der Waals surface area contributed by atoms with Gasteiger partial charge in [0, 0.05) is 55.7 Å². The highest BCUT2D eigenvalue weighted by atomic mass is 32.1. The highest BCUT2D eigenvalue weighted by molar-refractivity contribution is 7.10. The third-order valence-corrected chi connectivity index (χ3v) is 6.85. The maximum Gasteiger partial charge on any atom is 0.223 e. The number of carbonyl (C=O) groups is 2. The fraction of sp³-hybridized carbons (Fsp3) is 0.375. The van der Waals surface area contributed by atoms with Crippen molar-refractivity contribution >= 4 is 23.2 Å². The average Bonchev–Trinajstić information content (AvgIpc) is 3.46. The number of aryl methyl sites for hydroxylation is 1. The van der Waals surface area contributed by atoms with Crippen LogP contribution in [0.15, 0.2) is 41.8 Å². The number of hydrogen-bond acceptors (Lipinski definition) is 4. The molecule has 1 aliphatic heterocycles. The van der Waals surface area contributed by atoms with E-state index in [1.54, 1.807) is 29.4 Å². The van der Waals surface area contributed by atoms with Gasteiger partial charge < -0.3 is 9.80 Å². The SMILES string of the molecule is CN(CCCc1cc(-c2cccc(F)c2)n[nH]1)C(=O)CCC(=O)N1CCc2sccc2C1. The van der Waals surface area contributed by atoms with Crippen LogP contribution < -0.4 is 0 Å². The number of fused-ring (bicyclic) bond motifs is 1. The lowest BCUT2D eigenvalue weighted by Gasteiger charge is -2.27. The molecule has 0 fully saturated rings. The zero-order valence-corrected chi connectivity index (χ0v) is 19.0. The summed E-state index contributed by atoms with van der Waals surface area (Å²) in [4.78, 5) is 29.9. The van der Waals surface area contributed by atoms with Crippen molar-refractivity contribution in [1.82, 2.24) is 20.0 Å². The number of nitrogens with one attached hydrogen (secondary N) is 1. The summed E-state index contributed by atoms with van der Waals surface area (Å²) in [6.45, 7) is 1.99. The molecule has 0 bridgehead atoms. The van der Waals surface area contributed by atoms with Crippen LogP contribution in [0.3, 0.4) is 0 Å². The molecule has 2 amide bonds. The molecule has 1 aliphatic rings. The summed E-state index contributed by atoms with van der Waals surface area (Å²) >= 11 is 1.75. The molecule has 32 heavy (non-hydrogen) atoms. The molecule has 4 rings (SSSR count). The van der Waals surface area contributed by atoms with Crippen LogP contribution in [0.1, 0.15) is 35.4 Å². The highest BCUT2D eigenvalue weighted by Gasteiger charge is 2.22. The van der Waals surface area contributed by atoms with E-state index in [9.17, 15) is 14.0 Å². The zero-order chi connectivity index (χ0) is 22.5. The van der Waals surface area contributed by atoms with Crippen LogP contribution in [0.5, 0.6) is 0 Å². The summed E-state index contributed by atoms with van der Waals surface area (Å²) in [6, 6.07) is 10.3. The van der Waals surface area contributed by atoms with Gasteiger partial charge in [0.25, 0.3) is 0 Å². The number of nitrogens with zero attached hydrogens (tertiary/aromatic N) is 3. The Morgan fingerprint density at radius 1 is 1.25 bits per heavy atom. The molecule has 0 spiro atoms. The number of hydrogen-bond donors (Lipinski definition) is 1. The Bertz CT molecular complexity index is 1090. The lowest BCUT2D eigenvalue weighted by Crippen LogP contribution is -2.36. The van der Waals surface area contributed by atoms with Gasteiger partial charge in [-0.05, 0) is 54.5 Å². The molecule has 2 aromatic heterocycles. The lowest BCUT2D eigenvalue weighted by atomic mass is 10.1. The van der Waals surface area contributed by atoms with E-state index in [0.29, 0.717) is 18.8 Å². The molecule has 3 heterocycles. The van der Waals surface area contributed by atoms with Gasteiger partial charge in [0.1, 0.15) is 5.82 Å². The summed E-state index contributed by atoms with van der Waals surface area (Å²) in [7, 11) is 1.77. The van der Waals surface area contributed by atoms with E-state index in [0.717, 1.165) is 37.1 Å². The van der Waals surface area contributed by atoms with Crippen LogP contribution >= 0.6 is 11.3 Å². The molecule has 0 atom stereocenters. The van der Waals surface area contributed by atoms with Crippen molar-refractivity contribution in [1.29, 1.82) is 0 Å². The topological polar surface area (TPSA) is 69.3 Å². The molecule has 0 saturated heterocycles. The standard InChI is InChI=1S/C24H27FN4O2S/c1-28(11-3-6-20-15-21(27-26-20)17-4-2-5-19(25)14-17)23(30)7-8-24(31)29-12-9-22-18(16-29)10-13-32-22/h2,4-5,10,13-15H,3,6-9,11-12,16H2,1H3,(H,26,27). The smallest absolute Gasteiger partial charge is 0.223 e. The fourth-order valence-corrected chi connectivity index (χ4v) is 4.83. The number of amides is 2. The van der Waals surface area contributed by atoms with E-state index in [1.165, 1.54) is 22.6 Å². The van der Waals surface area contributed by atoms with Gasteiger partial charge in [0.2, 0.25) is 11.8 Å². The van der Waals surface area contributed by atoms with E-state index in [4.69, 9.17) is 0 Å². The zero-order valence-electron chi connectivity index (χ0n) is 18.1. The summed E-state index contributed by atoms with van der Waals surface area (Å²) < 4.78 is 13.4. The number of aromatic amines is 1. The van der Waals surface area contributed by atoms with Gasteiger partial charge in [-0.1, -0.05) is 12.1 Å². The molecule has 6 nitrogen and oxygen atoms in total. The molecule has 3 aromatic rings. The quantitative estimate of drug-likeness (QED) is 0.559. The van der Waals surface area contributed by atoms with Gasteiger partial charge in [-0.25, -0.2) is 4.39 Å². The first-order chi connectivity index (χ1) is 15.5. The summed E-state index contributed by atoms with van der Waals surface area (Å²) in [5.41, 5.74) is 3.61. The monoisotopic (exact) mass is 454 g/mol. The largest absolute Gasteiger partial charge is 0.346 e. The summed E-state index contributed by atoms with van der Waals surface area (Å²) in [5.74, 6) is -0.259. The van der Waals surface area contributed by atoms with E-state index in [2.05, 4.69) is 21.6 Å². The number of carbonyl (C=O) groups excluding carboxylic acids is 2.